The Morgan fingerprint density at radius 1 is 1.50 bits per heavy atom. The van der Waals surface area contributed by atoms with Gasteiger partial charge in [0.05, 0.1) is 19.0 Å². The number of hydrogen-bond acceptors (Lipinski definition) is 4. The fraction of sp³-hybridized carbons (Fsp3) is 0.182. The number of ether oxygens (including phenoxy) is 1. The Labute approximate surface area is 102 Å². The summed E-state index contributed by atoms with van der Waals surface area (Å²) in [6.45, 7) is -0.456. The Balaban J connectivity index is 2.43. The average molecular weight is 249 g/mol. The first-order valence-corrected chi connectivity index (χ1v) is 5.13. The highest BCUT2D eigenvalue weighted by Gasteiger charge is 2.18. The number of amides is 1. The number of carbonyl (C=O) groups excluding carboxylic acids is 1. The van der Waals surface area contributed by atoms with Crippen LogP contribution in [0.4, 0.5) is 0 Å². The number of fused-ring (bicyclic) bond motifs is 1. The van der Waals surface area contributed by atoms with Crippen LogP contribution in [0.15, 0.2) is 18.5 Å². The van der Waals surface area contributed by atoms with Crippen LogP contribution in [0.3, 0.4) is 0 Å². The molecule has 94 valence electrons. The number of nitrogens with zero attached hydrogens (tertiary/aromatic N) is 1. The standard InChI is InChI=1S/C11H11N3O4/c1-18-7-3-2-6-10(14-5-13-6)9(7)11(17)12-4-8(15)16/h2-3,5H,4H2,1H3,(H,12,17)(H,13,14)(H,15,16). The van der Waals surface area contributed by atoms with Gasteiger partial charge in [-0.25, -0.2) is 4.98 Å². The molecule has 1 heterocycles. The highest BCUT2D eigenvalue weighted by atomic mass is 16.5. The van der Waals surface area contributed by atoms with Crippen molar-refractivity contribution in [1.82, 2.24) is 15.3 Å². The van der Waals surface area contributed by atoms with Crippen molar-refractivity contribution in [2.75, 3.05) is 13.7 Å². The molecule has 0 spiro atoms. The summed E-state index contributed by atoms with van der Waals surface area (Å²) in [7, 11) is 1.43. The molecule has 1 aromatic heterocycles. The maximum absolute atomic E-state index is 11.9. The Morgan fingerprint density at radius 3 is 2.94 bits per heavy atom. The molecule has 0 fully saturated rings. The van der Waals surface area contributed by atoms with Crippen LogP contribution < -0.4 is 10.1 Å². The molecule has 0 atom stereocenters. The first kappa shape index (κ1) is 11.9. The fourth-order valence-corrected chi connectivity index (χ4v) is 1.62. The van der Waals surface area contributed by atoms with E-state index in [0.29, 0.717) is 16.8 Å². The lowest BCUT2D eigenvalue weighted by molar-refractivity contribution is -0.135. The summed E-state index contributed by atoms with van der Waals surface area (Å²) < 4.78 is 5.09. The van der Waals surface area contributed by atoms with E-state index in [0.717, 1.165) is 0 Å². The molecule has 3 N–H and O–H groups in total. The number of aromatic nitrogens is 2. The van der Waals surface area contributed by atoms with Crippen molar-refractivity contribution in [2.45, 2.75) is 0 Å². The topological polar surface area (TPSA) is 104 Å². The van der Waals surface area contributed by atoms with Gasteiger partial charge in [-0.3, -0.25) is 9.59 Å². The molecule has 0 bridgehead atoms. The molecular formula is C11H11N3O4. The Morgan fingerprint density at radius 2 is 2.28 bits per heavy atom. The minimum atomic E-state index is -1.11. The smallest absolute Gasteiger partial charge is 0.322 e. The van der Waals surface area contributed by atoms with Crippen LogP contribution >= 0.6 is 0 Å². The van der Waals surface area contributed by atoms with E-state index in [1.807, 2.05) is 0 Å². The molecule has 0 saturated heterocycles. The van der Waals surface area contributed by atoms with E-state index >= 15 is 0 Å². The SMILES string of the molecule is COc1ccc2[nH]cnc2c1C(=O)NCC(=O)O. The number of carbonyl (C=O) groups is 2. The summed E-state index contributed by atoms with van der Waals surface area (Å²) in [6.07, 6.45) is 1.46. The molecule has 2 rings (SSSR count). The van der Waals surface area contributed by atoms with Gasteiger partial charge in [-0.1, -0.05) is 0 Å². The second kappa shape index (κ2) is 4.74. The van der Waals surface area contributed by atoms with Crippen molar-refractivity contribution < 1.29 is 19.4 Å². The van der Waals surface area contributed by atoms with Gasteiger partial charge in [-0.15, -0.1) is 0 Å². The van der Waals surface area contributed by atoms with Crippen LogP contribution in [0.2, 0.25) is 0 Å². The van der Waals surface area contributed by atoms with Gasteiger partial charge in [0, 0.05) is 0 Å². The van der Waals surface area contributed by atoms with E-state index in [-0.39, 0.29) is 5.56 Å². The number of H-pyrrole nitrogens is 1. The fourth-order valence-electron chi connectivity index (χ4n) is 1.62. The lowest BCUT2D eigenvalue weighted by Crippen LogP contribution is -2.29. The third-order valence-electron chi connectivity index (χ3n) is 2.40. The zero-order valence-electron chi connectivity index (χ0n) is 9.56. The molecule has 0 aliphatic rings. The van der Waals surface area contributed by atoms with Gasteiger partial charge in [0.1, 0.15) is 23.4 Å². The van der Waals surface area contributed by atoms with Crippen molar-refractivity contribution in [3.8, 4) is 5.75 Å². The van der Waals surface area contributed by atoms with Gasteiger partial charge in [0.15, 0.2) is 0 Å². The van der Waals surface area contributed by atoms with Gasteiger partial charge >= 0.3 is 5.97 Å². The lowest BCUT2D eigenvalue weighted by atomic mass is 10.1. The van der Waals surface area contributed by atoms with Crippen molar-refractivity contribution in [1.29, 1.82) is 0 Å². The molecule has 2 aromatic rings. The van der Waals surface area contributed by atoms with Crippen molar-refractivity contribution in [2.24, 2.45) is 0 Å². The maximum atomic E-state index is 11.9. The number of nitrogens with one attached hydrogen (secondary N) is 2. The van der Waals surface area contributed by atoms with E-state index in [1.165, 1.54) is 13.4 Å². The van der Waals surface area contributed by atoms with Gasteiger partial charge in [-0.2, -0.15) is 0 Å². The largest absolute Gasteiger partial charge is 0.496 e. The first-order valence-electron chi connectivity index (χ1n) is 5.13. The Hall–Kier alpha value is -2.57. The van der Waals surface area contributed by atoms with Crippen molar-refractivity contribution in [3.63, 3.8) is 0 Å². The molecule has 0 aliphatic carbocycles. The van der Waals surface area contributed by atoms with E-state index < -0.39 is 18.4 Å². The van der Waals surface area contributed by atoms with E-state index in [2.05, 4.69) is 15.3 Å². The van der Waals surface area contributed by atoms with Gasteiger partial charge in [-0.05, 0) is 12.1 Å². The predicted octanol–water partition coefficient (Wildman–Crippen LogP) is 0.386. The second-order valence-electron chi connectivity index (χ2n) is 3.52. The molecule has 7 heteroatoms. The number of rotatable bonds is 4. The van der Waals surface area contributed by atoms with Crippen LogP contribution in [-0.2, 0) is 4.79 Å². The number of methoxy groups -OCH3 is 1. The molecule has 1 aromatic carbocycles. The Bertz CT molecular complexity index is 605. The van der Waals surface area contributed by atoms with Gasteiger partial charge in [0.25, 0.3) is 5.91 Å². The Kier molecular flexibility index (Phi) is 3.13. The third kappa shape index (κ3) is 2.10. The number of aliphatic carboxylic acids is 1. The number of benzene rings is 1. The van der Waals surface area contributed by atoms with Gasteiger partial charge < -0.3 is 20.1 Å². The molecule has 0 saturated carbocycles. The number of hydrogen-bond donors (Lipinski definition) is 3. The van der Waals surface area contributed by atoms with E-state index in [1.54, 1.807) is 12.1 Å². The summed E-state index contributed by atoms with van der Waals surface area (Å²) >= 11 is 0. The van der Waals surface area contributed by atoms with E-state index in [4.69, 9.17) is 9.84 Å². The maximum Gasteiger partial charge on any atom is 0.322 e. The van der Waals surface area contributed by atoms with Crippen LogP contribution in [0.1, 0.15) is 10.4 Å². The van der Waals surface area contributed by atoms with Crippen LogP contribution in [0.5, 0.6) is 5.75 Å². The molecule has 0 aliphatic heterocycles. The van der Waals surface area contributed by atoms with Crippen LogP contribution in [0, 0.1) is 0 Å². The summed E-state index contributed by atoms with van der Waals surface area (Å²) in [5.41, 5.74) is 1.34. The zero-order valence-corrected chi connectivity index (χ0v) is 9.56. The quantitative estimate of drug-likeness (QED) is 0.726. The molecule has 1 amide bonds. The molecular weight excluding hydrogens is 238 g/mol. The molecule has 18 heavy (non-hydrogen) atoms. The second-order valence-corrected chi connectivity index (χ2v) is 3.52. The third-order valence-corrected chi connectivity index (χ3v) is 2.40. The molecule has 0 radical (unpaired) electrons. The average Bonchev–Trinajstić information content (AvgIpc) is 2.82. The molecule has 7 nitrogen and oxygen atoms in total. The van der Waals surface area contributed by atoms with Crippen LogP contribution in [0.25, 0.3) is 11.0 Å². The van der Waals surface area contributed by atoms with E-state index in [9.17, 15) is 9.59 Å². The van der Waals surface area contributed by atoms with Crippen molar-refractivity contribution >= 4 is 22.9 Å². The minimum absolute atomic E-state index is 0.220. The number of carboxylic acid groups (broad SMARTS) is 1. The summed E-state index contributed by atoms with van der Waals surface area (Å²) in [4.78, 5) is 29.3. The number of carboxylic acids is 1. The zero-order chi connectivity index (χ0) is 13.1. The number of imidazole rings is 1. The van der Waals surface area contributed by atoms with Crippen molar-refractivity contribution in [3.05, 3.63) is 24.0 Å². The predicted molar refractivity (Wildman–Crippen MR) is 62.6 cm³/mol. The summed E-state index contributed by atoms with van der Waals surface area (Å²) in [5.74, 6) is -1.30. The molecule has 0 unspecified atom stereocenters. The van der Waals surface area contributed by atoms with Crippen LogP contribution in [-0.4, -0.2) is 40.6 Å². The highest BCUT2D eigenvalue weighted by Crippen LogP contribution is 2.25. The minimum Gasteiger partial charge on any atom is -0.496 e. The number of aromatic amines is 1. The first-order chi connectivity index (χ1) is 8.63. The lowest BCUT2D eigenvalue weighted by Gasteiger charge is -2.08. The highest BCUT2D eigenvalue weighted by molar-refractivity contribution is 6.08. The van der Waals surface area contributed by atoms with Gasteiger partial charge in [0.2, 0.25) is 0 Å². The monoisotopic (exact) mass is 249 g/mol. The summed E-state index contributed by atoms with van der Waals surface area (Å²) in [6, 6.07) is 3.35. The summed E-state index contributed by atoms with van der Waals surface area (Å²) in [5, 5.41) is 10.8. The normalized spacial score (nSPS) is 10.3.